The van der Waals surface area contributed by atoms with Crippen molar-refractivity contribution < 1.29 is 19.8 Å². The van der Waals surface area contributed by atoms with Gasteiger partial charge in [-0.25, -0.2) is 4.79 Å². The summed E-state index contributed by atoms with van der Waals surface area (Å²) in [4.78, 5) is 23.7. The molecule has 0 unspecified atom stereocenters. The molecule has 1 aromatic rings. The normalized spacial score (nSPS) is 17.4. The average Bonchev–Trinajstić information content (AvgIpc) is 2.42. The van der Waals surface area contributed by atoms with Crippen molar-refractivity contribution >= 4 is 11.9 Å². The van der Waals surface area contributed by atoms with E-state index in [0.717, 1.165) is 19.3 Å². The summed E-state index contributed by atoms with van der Waals surface area (Å²) in [7, 11) is 0. The number of carbonyl (C=O) groups excluding carboxylic acids is 1. The monoisotopic (exact) mass is 277 g/mol. The van der Waals surface area contributed by atoms with E-state index in [2.05, 4.69) is 5.32 Å². The Morgan fingerprint density at radius 3 is 2.40 bits per heavy atom. The minimum atomic E-state index is -1.15. The molecule has 0 aliphatic heterocycles. The summed E-state index contributed by atoms with van der Waals surface area (Å²) in [5.41, 5.74) is -0.196. The van der Waals surface area contributed by atoms with Gasteiger partial charge in [-0.05, 0) is 43.5 Å². The standard InChI is InChI=1S/C15H19NO4/c1-10-9-11(5-6-12(10)17)13(18)16-15(14(19)20)7-3-2-4-8-15/h5-6,9,17H,2-4,7-8H2,1H3,(H,16,18)(H,19,20). The van der Waals surface area contributed by atoms with Crippen LogP contribution in [0, 0.1) is 6.92 Å². The summed E-state index contributed by atoms with van der Waals surface area (Å²) >= 11 is 0. The van der Waals surface area contributed by atoms with Gasteiger partial charge < -0.3 is 15.5 Å². The van der Waals surface area contributed by atoms with E-state index in [4.69, 9.17) is 0 Å². The lowest BCUT2D eigenvalue weighted by atomic mass is 9.81. The fourth-order valence-electron chi connectivity index (χ4n) is 2.63. The highest BCUT2D eigenvalue weighted by molar-refractivity contribution is 5.98. The Kier molecular flexibility index (Phi) is 3.97. The maximum absolute atomic E-state index is 12.2. The van der Waals surface area contributed by atoms with Crippen LogP contribution in [-0.4, -0.2) is 27.6 Å². The van der Waals surface area contributed by atoms with E-state index in [-0.39, 0.29) is 5.75 Å². The molecule has 0 saturated heterocycles. The third-order valence-electron chi connectivity index (χ3n) is 3.93. The summed E-state index contributed by atoms with van der Waals surface area (Å²) < 4.78 is 0. The topological polar surface area (TPSA) is 86.6 Å². The number of aryl methyl sites for hydroxylation is 1. The van der Waals surface area contributed by atoms with Crippen LogP contribution in [0.3, 0.4) is 0 Å². The summed E-state index contributed by atoms with van der Waals surface area (Å²) in [6.07, 6.45) is 3.54. The first kappa shape index (κ1) is 14.4. The Labute approximate surface area is 117 Å². The minimum Gasteiger partial charge on any atom is -0.508 e. The number of carboxylic acid groups (broad SMARTS) is 1. The van der Waals surface area contributed by atoms with Crippen LogP contribution in [-0.2, 0) is 4.79 Å². The highest BCUT2D eigenvalue weighted by Gasteiger charge is 2.41. The van der Waals surface area contributed by atoms with Crippen molar-refractivity contribution in [2.45, 2.75) is 44.6 Å². The van der Waals surface area contributed by atoms with Gasteiger partial charge in [0.2, 0.25) is 0 Å². The maximum atomic E-state index is 12.2. The summed E-state index contributed by atoms with van der Waals surface area (Å²) in [6.45, 7) is 1.69. The van der Waals surface area contributed by atoms with E-state index in [0.29, 0.717) is 24.0 Å². The Balaban J connectivity index is 2.20. The zero-order valence-electron chi connectivity index (χ0n) is 11.5. The Bertz CT molecular complexity index is 533. The van der Waals surface area contributed by atoms with E-state index >= 15 is 0 Å². The van der Waals surface area contributed by atoms with Crippen LogP contribution < -0.4 is 5.32 Å². The van der Waals surface area contributed by atoms with Gasteiger partial charge in [-0.1, -0.05) is 19.3 Å². The number of hydrogen-bond donors (Lipinski definition) is 3. The number of aliphatic carboxylic acids is 1. The number of phenols is 1. The van der Waals surface area contributed by atoms with Crippen molar-refractivity contribution in [2.24, 2.45) is 0 Å². The number of nitrogens with one attached hydrogen (secondary N) is 1. The molecule has 0 spiro atoms. The molecule has 1 aliphatic carbocycles. The molecule has 1 aliphatic rings. The molecule has 5 heteroatoms. The first-order valence-electron chi connectivity index (χ1n) is 6.80. The van der Waals surface area contributed by atoms with Crippen molar-refractivity contribution in [2.75, 3.05) is 0 Å². The molecule has 5 nitrogen and oxygen atoms in total. The predicted octanol–water partition coefficient (Wildman–Crippen LogP) is 2.22. The van der Waals surface area contributed by atoms with Gasteiger partial charge in [0.25, 0.3) is 5.91 Å². The van der Waals surface area contributed by atoms with Gasteiger partial charge in [0.1, 0.15) is 11.3 Å². The van der Waals surface area contributed by atoms with E-state index in [9.17, 15) is 19.8 Å². The number of amides is 1. The quantitative estimate of drug-likeness (QED) is 0.790. The largest absolute Gasteiger partial charge is 0.508 e. The lowest BCUT2D eigenvalue weighted by Gasteiger charge is -2.34. The van der Waals surface area contributed by atoms with Gasteiger partial charge in [-0.2, -0.15) is 0 Å². The van der Waals surface area contributed by atoms with Gasteiger partial charge in [-0.3, -0.25) is 4.79 Å². The molecular formula is C15H19NO4. The Morgan fingerprint density at radius 2 is 1.85 bits per heavy atom. The maximum Gasteiger partial charge on any atom is 0.329 e. The summed E-state index contributed by atoms with van der Waals surface area (Å²) in [5, 5.41) is 21.6. The third-order valence-corrected chi connectivity index (χ3v) is 3.93. The molecule has 0 bridgehead atoms. The molecule has 1 aromatic carbocycles. The lowest BCUT2D eigenvalue weighted by Crippen LogP contribution is -2.55. The molecule has 1 saturated carbocycles. The van der Waals surface area contributed by atoms with E-state index in [1.807, 2.05) is 0 Å². The van der Waals surface area contributed by atoms with E-state index < -0.39 is 17.4 Å². The van der Waals surface area contributed by atoms with Gasteiger partial charge in [-0.15, -0.1) is 0 Å². The van der Waals surface area contributed by atoms with Gasteiger partial charge >= 0.3 is 5.97 Å². The molecule has 3 N–H and O–H groups in total. The van der Waals surface area contributed by atoms with E-state index in [1.54, 1.807) is 13.0 Å². The zero-order chi connectivity index (χ0) is 14.8. The van der Waals surface area contributed by atoms with Crippen molar-refractivity contribution in [3.8, 4) is 5.75 Å². The fraction of sp³-hybridized carbons (Fsp3) is 0.467. The van der Waals surface area contributed by atoms with Crippen molar-refractivity contribution in [3.05, 3.63) is 29.3 Å². The Morgan fingerprint density at radius 1 is 1.20 bits per heavy atom. The first-order valence-corrected chi connectivity index (χ1v) is 6.80. The lowest BCUT2D eigenvalue weighted by molar-refractivity contribution is -0.145. The second kappa shape index (κ2) is 5.53. The van der Waals surface area contributed by atoms with Crippen LogP contribution in [0.1, 0.15) is 48.0 Å². The van der Waals surface area contributed by atoms with E-state index in [1.165, 1.54) is 12.1 Å². The smallest absolute Gasteiger partial charge is 0.329 e. The van der Waals surface area contributed by atoms with Crippen LogP contribution in [0.25, 0.3) is 0 Å². The number of phenolic OH excluding ortho intramolecular Hbond substituents is 1. The highest BCUT2D eigenvalue weighted by Crippen LogP contribution is 2.29. The van der Waals surface area contributed by atoms with Gasteiger partial charge in [0.05, 0.1) is 0 Å². The SMILES string of the molecule is Cc1cc(C(=O)NC2(C(=O)O)CCCCC2)ccc1O. The van der Waals surface area contributed by atoms with Crippen molar-refractivity contribution in [3.63, 3.8) is 0 Å². The van der Waals surface area contributed by atoms with Crippen molar-refractivity contribution in [1.82, 2.24) is 5.32 Å². The van der Waals surface area contributed by atoms with Crippen molar-refractivity contribution in [1.29, 1.82) is 0 Å². The van der Waals surface area contributed by atoms with Crippen LogP contribution in [0.5, 0.6) is 5.75 Å². The molecule has 2 rings (SSSR count). The zero-order valence-corrected chi connectivity index (χ0v) is 11.5. The van der Waals surface area contributed by atoms with Crippen LogP contribution in [0.15, 0.2) is 18.2 Å². The minimum absolute atomic E-state index is 0.118. The molecule has 1 fully saturated rings. The first-order chi connectivity index (χ1) is 9.44. The summed E-state index contributed by atoms with van der Waals surface area (Å²) in [5.74, 6) is -1.26. The van der Waals surface area contributed by atoms with Crippen LogP contribution >= 0.6 is 0 Å². The molecular weight excluding hydrogens is 258 g/mol. The molecule has 0 heterocycles. The number of carbonyl (C=O) groups is 2. The highest BCUT2D eigenvalue weighted by atomic mass is 16.4. The van der Waals surface area contributed by atoms with Crippen LogP contribution in [0.4, 0.5) is 0 Å². The fourth-order valence-corrected chi connectivity index (χ4v) is 2.63. The number of benzene rings is 1. The second-order valence-electron chi connectivity index (χ2n) is 5.40. The summed E-state index contributed by atoms with van der Waals surface area (Å²) in [6, 6.07) is 4.50. The average molecular weight is 277 g/mol. The van der Waals surface area contributed by atoms with Gasteiger partial charge in [0, 0.05) is 5.56 Å². The number of rotatable bonds is 3. The predicted molar refractivity (Wildman–Crippen MR) is 73.8 cm³/mol. The number of hydrogen-bond acceptors (Lipinski definition) is 3. The molecule has 0 aromatic heterocycles. The molecule has 20 heavy (non-hydrogen) atoms. The Hall–Kier alpha value is -2.04. The van der Waals surface area contributed by atoms with Crippen LogP contribution in [0.2, 0.25) is 0 Å². The van der Waals surface area contributed by atoms with Gasteiger partial charge in [0.15, 0.2) is 0 Å². The molecule has 108 valence electrons. The molecule has 1 amide bonds. The second-order valence-corrected chi connectivity index (χ2v) is 5.40. The molecule has 0 atom stereocenters. The number of aromatic hydroxyl groups is 1. The third kappa shape index (κ3) is 2.76. The molecule has 0 radical (unpaired) electrons. The number of carboxylic acids is 1.